The SMILES string of the molecule is CCOc1cc(OC)ccc1CN(CC(=O)N1CCCC(c2cccc(C(=O)N[C@@H](C(=O)NCCOCCOCCOCCC(=O)OC)C3CCCCC3)c2)C1)C(=O)OC(C)(C)C. The number of likely N-dealkylation sites (tertiary alicyclic amines) is 1. The van der Waals surface area contributed by atoms with Crippen molar-refractivity contribution in [2.75, 3.05) is 86.6 Å². The number of piperidine rings is 1. The van der Waals surface area contributed by atoms with Crippen molar-refractivity contribution < 1.29 is 57.1 Å². The summed E-state index contributed by atoms with van der Waals surface area (Å²) in [6.45, 7) is 10.8. The molecule has 1 aliphatic heterocycles. The van der Waals surface area contributed by atoms with Crippen LogP contribution in [0.25, 0.3) is 0 Å². The molecule has 1 saturated carbocycles. The van der Waals surface area contributed by atoms with E-state index in [-0.39, 0.29) is 74.8 Å². The first kappa shape index (κ1) is 50.7. The van der Waals surface area contributed by atoms with E-state index in [0.29, 0.717) is 68.7 Å². The number of nitrogens with one attached hydrogen (secondary N) is 2. The summed E-state index contributed by atoms with van der Waals surface area (Å²) in [7, 11) is 2.91. The van der Waals surface area contributed by atoms with E-state index in [1.165, 1.54) is 12.0 Å². The van der Waals surface area contributed by atoms with E-state index >= 15 is 0 Å². The van der Waals surface area contributed by atoms with Crippen molar-refractivity contribution in [3.63, 3.8) is 0 Å². The molecule has 0 radical (unpaired) electrons. The molecular formula is C47H70N4O12. The van der Waals surface area contributed by atoms with Gasteiger partial charge in [-0.3, -0.25) is 24.1 Å². The Kier molecular flexibility index (Phi) is 21.4. The second-order valence-corrected chi connectivity index (χ2v) is 16.9. The van der Waals surface area contributed by atoms with Crippen LogP contribution in [-0.2, 0) is 44.6 Å². The maximum atomic E-state index is 14.0. The number of rotatable bonds is 24. The summed E-state index contributed by atoms with van der Waals surface area (Å²) in [6, 6.07) is 12.1. The minimum Gasteiger partial charge on any atom is -0.497 e. The first-order valence-corrected chi connectivity index (χ1v) is 22.4. The lowest BCUT2D eigenvalue weighted by atomic mass is 9.83. The van der Waals surface area contributed by atoms with Crippen molar-refractivity contribution in [1.82, 2.24) is 20.4 Å². The second-order valence-electron chi connectivity index (χ2n) is 16.9. The van der Waals surface area contributed by atoms with Gasteiger partial charge in [-0.15, -0.1) is 0 Å². The van der Waals surface area contributed by atoms with Gasteiger partial charge in [0.15, 0.2) is 0 Å². The molecular weight excluding hydrogens is 813 g/mol. The van der Waals surface area contributed by atoms with Crippen LogP contribution in [0.5, 0.6) is 11.5 Å². The van der Waals surface area contributed by atoms with Gasteiger partial charge in [-0.25, -0.2) is 4.79 Å². The fourth-order valence-corrected chi connectivity index (χ4v) is 7.72. The minimum atomic E-state index is -0.770. The number of nitrogens with zero attached hydrogens (tertiary/aromatic N) is 2. The van der Waals surface area contributed by atoms with Crippen molar-refractivity contribution in [1.29, 1.82) is 0 Å². The van der Waals surface area contributed by atoms with Gasteiger partial charge in [-0.1, -0.05) is 31.4 Å². The highest BCUT2D eigenvalue weighted by Gasteiger charge is 2.33. The van der Waals surface area contributed by atoms with Gasteiger partial charge in [0.2, 0.25) is 11.8 Å². The molecule has 2 aromatic carbocycles. The van der Waals surface area contributed by atoms with Crippen LogP contribution in [0.3, 0.4) is 0 Å². The number of ether oxygens (including phenoxy) is 7. The Balaban J connectivity index is 1.33. The Morgan fingerprint density at radius 3 is 2.25 bits per heavy atom. The Morgan fingerprint density at radius 1 is 0.857 bits per heavy atom. The van der Waals surface area contributed by atoms with E-state index in [1.807, 2.05) is 31.2 Å². The summed E-state index contributed by atoms with van der Waals surface area (Å²) in [5.74, 6) is 0.0611. The average Bonchev–Trinajstić information content (AvgIpc) is 3.28. The zero-order valence-electron chi connectivity index (χ0n) is 38.2. The Bertz CT molecular complexity index is 1760. The normalized spacial score (nSPS) is 16.1. The number of benzene rings is 2. The molecule has 2 fully saturated rings. The summed E-state index contributed by atoms with van der Waals surface area (Å²) in [5, 5.41) is 6.02. The summed E-state index contributed by atoms with van der Waals surface area (Å²) in [6.07, 6.45) is 5.97. The van der Waals surface area contributed by atoms with Crippen LogP contribution in [0.15, 0.2) is 42.5 Å². The van der Waals surface area contributed by atoms with E-state index in [9.17, 15) is 24.0 Å². The van der Waals surface area contributed by atoms with Crippen molar-refractivity contribution in [2.45, 2.75) is 103 Å². The lowest BCUT2D eigenvalue weighted by molar-refractivity contribution is -0.142. The topological polar surface area (TPSA) is 180 Å². The van der Waals surface area contributed by atoms with Crippen LogP contribution < -0.4 is 20.1 Å². The Morgan fingerprint density at radius 2 is 1.57 bits per heavy atom. The van der Waals surface area contributed by atoms with Crippen molar-refractivity contribution in [3.8, 4) is 11.5 Å². The zero-order chi connectivity index (χ0) is 45.6. The highest BCUT2D eigenvalue weighted by molar-refractivity contribution is 5.97. The van der Waals surface area contributed by atoms with E-state index < -0.39 is 17.7 Å². The highest BCUT2D eigenvalue weighted by Crippen LogP contribution is 2.31. The van der Waals surface area contributed by atoms with Crippen LogP contribution in [0.4, 0.5) is 4.79 Å². The number of amides is 4. The number of esters is 1. The fraction of sp³-hybridized carbons (Fsp3) is 0.638. The molecule has 2 atom stereocenters. The monoisotopic (exact) mass is 882 g/mol. The smallest absolute Gasteiger partial charge is 0.411 e. The molecule has 1 saturated heterocycles. The third-order valence-corrected chi connectivity index (χ3v) is 11.0. The maximum absolute atomic E-state index is 14.0. The Labute approximate surface area is 372 Å². The van der Waals surface area contributed by atoms with Crippen LogP contribution >= 0.6 is 0 Å². The third kappa shape index (κ3) is 17.6. The first-order valence-electron chi connectivity index (χ1n) is 22.4. The van der Waals surface area contributed by atoms with Crippen molar-refractivity contribution in [2.24, 2.45) is 5.92 Å². The van der Waals surface area contributed by atoms with Gasteiger partial charge in [-0.05, 0) is 89.1 Å². The molecule has 63 heavy (non-hydrogen) atoms. The number of methoxy groups -OCH3 is 2. The second kappa shape index (κ2) is 26.6. The van der Waals surface area contributed by atoms with Gasteiger partial charge in [0.25, 0.3) is 5.91 Å². The van der Waals surface area contributed by atoms with Gasteiger partial charge in [0, 0.05) is 42.7 Å². The molecule has 16 heteroatoms. The summed E-state index contributed by atoms with van der Waals surface area (Å²) >= 11 is 0. The molecule has 1 aliphatic carbocycles. The lowest BCUT2D eigenvalue weighted by Crippen LogP contribution is -2.52. The number of hydrogen-bond acceptors (Lipinski definition) is 12. The van der Waals surface area contributed by atoms with E-state index in [2.05, 4.69) is 15.4 Å². The molecule has 4 amide bonds. The van der Waals surface area contributed by atoms with Gasteiger partial charge >= 0.3 is 12.1 Å². The molecule has 16 nitrogen and oxygen atoms in total. The zero-order valence-corrected chi connectivity index (χ0v) is 38.2. The van der Waals surface area contributed by atoms with Gasteiger partial charge in [0.05, 0.1) is 73.4 Å². The van der Waals surface area contributed by atoms with E-state index in [1.54, 1.807) is 51.0 Å². The molecule has 2 N–H and O–H groups in total. The highest BCUT2D eigenvalue weighted by atomic mass is 16.6. The summed E-state index contributed by atoms with van der Waals surface area (Å²) in [5.41, 5.74) is 1.32. The molecule has 2 aromatic rings. The molecule has 0 bridgehead atoms. The van der Waals surface area contributed by atoms with Crippen LogP contribution in [0.1, 0.15) is 106 Å². The molecule has 0 aromatic heterocycles. The van der Waals surface area contributed by atoms with E-state index in [4.69, 9.17) is 28.4 Å². The van der Waals surface area contributed by atoms with Crippen LogP contribution in [0.2, 0.25) is 0 Å². The standard InChI is InChI=1S/C47H70N4O12/c1-7-62-40-30-39(57-5)19-18-38(40)32-51(46(56)63-47(2,3)4)33-41(52)50-22-12-17-37(31-50)35-15-11-16-36(29-35)44(54)49-43(34-13-9-8-10-14-34)45(55)48-21-24-60-26-28-61-27-25-59-23-20-42(53)58-6/h11,15-16,18-19,29-30,34,37,43H,7-10,12-14,17,20-28,31-33H2,1-6H3,(H,48,55)(H,49,54)/t37?,43-/m1/s1. The minimum absolute atomic E-state index is 0.0173. The molecule has 1 unspecified atom stereocenters. The van der Waals surface area contributed by atoms with Crippen LogP contribution in [0, 0.1) is 5.92 Å². The molecule has 350 valence electrons. The van der Waals surface area contributed by atoms with Crippen molar-refractivity contribution in [3.05, 3.63) is 59.2 Å². The molecule has 4 rings (SSSR count). The number of hydrogen-bond donors (Lipinski definition) is 2. The quantitative estimate of drug-likeness (QED) is 0.0980. The van der Waals surface area contributed by atoms with Crippen molar-refractivity contribution >= 4 is 29.8 Å². The predicted octanol–water partition coefficient (Wildman–Crippen LogP) is 5.65. The van der Waals surface area contributed by atoms with Gasteiger partial charge < -0.3 is 48.7 Å². The van der Waals surface area contributed by atoms with Crippen LogP contribution in [-0.4, -0.2) is 138 Å². The maximum Gasteiger partial charge on any atom is 0.411 e. The largest absolute Gasteiger partial charge is 0.497 e. The Hall–Kier alpha value is -4.93. The molecule has 2 aliphatic rings. The first-order chi connectivity index (χ1) is 30.3. The van der Waals surface area contributed by atoms with Gasteiger partial charge in [0.1, 0.15) is 29.7 Å². The van der Waals surface area contributed by atoms with Gasteiger partial charge in [-0.2, -0.15) is 0 Å². The van der Waals surface area contributed by atoms with E-state index in [0.717, 1.165) is 50.5 Å². The fourth-order valence-electron chi connectivity index (χ4n) is 7.72. The average molecular weight is 883 g/mol. The summed E-state index contributed by atoms with van der Waals surface area (Å²) in [4.78, 5) is 69.2. The molecule has 1 heterocycles. The summed E-state index contributed by atoms with van der Waals surface area (Å²) < 4.78 is 38.0. The molecule has 0 spiro atoms. The predicted molar refractivity (Wildman–Crippen MR) is 236 cm³/mol. The number of carbonyl (C=O) groups excluding carboxylic acids is 5. The lowest BCUT2D eigenvalue weighted by Gasteiger charge is -2.35. The third-order valence-electron chi connectivity index (χ3n) is 11.0. The number of carbonyl (C=O) groups is 5.